The van der Waals surface area contributed by atoms with Crippen molar-refractivity contribution in [3.8, 4) is 34.5 Å². The fraction of sp³-hybridized carbons (Fsp3) is 0.200. The smallest absolute Gasteiger partial charge is 0.308 e. The van der Waals surface area contributed by atoms with Gasteiger partial charge >= 0.3 is 11.9 Å². The molecule has 2 atom stereocenters. The van der Waals surface area contributed by atoms with Crippen molar-refractivity contribution in [1.82, 2.24) is 0 Å². The van der Waals surface area contributed by atoms with Gasteiger partial charge < -0.3 is 28.4 Å². The SMILES string of the molecule is COc1ccc([C@@H]2Oc3ccc(/C=C/c4cc(OC(C)=O)cc(OC(C)=O)c4)cc3[C@@H]2c2cc(OC)cc(OC)c2)cc1. The van der Waals surface area contributed by atoms with Crippen molar-refractivity contribution >= 4 is 24.1 Å². The summed E-state index contributed by atoms with van der Waals surface area (Å²) in [6, 6.07) is 24.6. The van der Waals surface area contributed by atoms with Crippen LogP contribution in [0.25, 0.3) is 12.2 Å². The third-order valence-electron chi connectivity index (χ3n) is 7.00. The maximum Gasteiger partial charge on any atom is 0.308 e. The van der Waals surface area contributed by atoms with E-state index in [1.165, 1.54) is 19.9 Å². The Morgan fingerprint density at radius 2 is 1.16 bits per heavy atom. The number of benzene rings is 4. The molecule has 1 heterocycles. The summed E-state index contributed by atoms with van der Waals surface area (Å²) in [7, 11) is 4.90. The summed E-state index contributed by atoms with van der Waals surface area (Å²) >= 11 is 0. The zero-order chi connectivity index (χ0) is 30.5. The van der Waals surface area contributed by atoms with Crippen molar-refractivity contribution in [2.24, 2.45) is 0 Å². The maximum absolute atomic E-state index is 11.6. The number of esters is 2. The lowest BCUT2D eigenvalue weighted by atomic mass is 9.84. The second-order valence-corrected chi connectivity index (χ2v) is 9.99. The van der Waals surface area contributed by atoms with E-state index in [1.54, 1.807) is 33.5 Å². The highest BCUT2D eigenvalue weighted by Gasteiger charge is 2.37. The van der Waals surface area contributed by atoms with Gasteiger partial charge in [-0.2, -0.15) is 0 Å². The first-order chi connectivity index (χ1) is 20.8. The highest BCUT2D eigenvalue weighted by molar-refractivity contribution is 5.75. The van der Waals surface area contributed by atoms with Crippen molar-refractivity contribution < 1.29 is 38.0 Å². The van der Waals surface area contributed by atoms with Crippen molar-refractivity contribution in [3.05, 3.63) is 107 Å². The molecule has 0 radical (unpaired) electrons. The van der Waals surface area contributed by atoms with Crippen LogP contribution in [0.3, 0.4) is 0 Å². The molecule has 0 aliphatic carbocycles. The number of hydrogen-bond acceptors (Lipinski definition) is 8. The van der Waals surface area contributed by atoms with Gasteiger partial charge in [0.25, 0.3) is 0 Å². The standard InChI is InChI=1S/C35H32O8/c1-21(36)41-30-14-24(15-31(20-30)42-22(2)37)7-6-23-8-13-33-32(16-23)34(26-17-28(39-4)19-29(18-26)40-5)35(43-33)25-9-11-27(38-3)12-10-25/h6-20,34-35H,1-5H3/b7-6+/t34-,35-/m0/s1. The molecule has 1 aliphatic rings. The van der Waals surface area contributed by atoms with E-state index in [9.17, 15) is 9.59 Å². The first-order valence-electron chi connectivity index (χ1n) is 13.6. The Hall–Kier alpha value is -5.24. The van der Waals surface area contributed by atoms with Crippen LogP contribution >= 0.6 is 0 Å². The van der Waals surface area contributed by atoms with Gasteiger partial charge in [-0.05, 0) is 70.8 Å². The molecule has 43 heavy (non-hydrogen) atoms. The third-order valence-corrected chi connectivity index (χ3v) is 7.00. The summed E-state index contributed by atoms with van der Waals surface area (Å²) in [4.78, 5) is 23.1. The Morgan fingerprint density at radius 1 is 0.605 bits per heavy atom. The van der Waals surface area contributed by atoms with Crippen LogP contribution in [0.1, 0.15) is 53.7 Å². The van der Waals surface area contributed by atoms with Gasteiger partial charge in [0, 0.05) is 31.5 Å². The molecule has 0 bridgehead atoms. The van der Waals surface area contributed by atoms with Gasteiger partial charge in [0.1, 0.15) is 40.6 Å². The molecule has 4 aromatic carbocycles. The average Bonchev–Trinajstić information content (AvgIpc) is 3.38. The van der Waals surface area contributed by atoms with Crippen LogP contribution < -0.4 is 28.4 Å². The molecular formula is C35H32O8. The molecule has 8 heteroatoms. The van der Waals surface area contributed by atoms with Gasteiger partial charge in [0.05, 0.1) is 27.2 Å². The molecule has 0 N–H and O–H groups in total. The zero-order valence-corrected chi connectivity index (χ0v) is 24.6. The predicted octanol–water partition coefficient (Wildman–Crippen LogP) is 7.00. The normalized spacial score (nSPS) is 15.4. The quantitative estimate of drug-likeness (QED) is 0.119. The van der Waals surface area contributed by atoms with Crippen LogP contribution in [-0.2, 0) is 9.59 Å². The third kappa shape index (κ3) is 6.81. The van der Waals surface area contributed by atoms with Crippen molar-refractivity contribution in [2.75, 3.05) is 21.3 Å². The molecule has 5 rings (SSSR count). The highest BCUT2D eigenvalue weighted by Crippen LogP contribution is 2.51. The number of fused-ring (bicyclic) bond motifs is 1. The lowest BCUT2D eigenvalue weighted by Crippen LogP contribution is -2.11. The van der Waals surface area contributed by atoms with Gasteiger partial charge in [-0.15, -0.1) is 0 Å². The van der Waals surface area contributed by atoms with Gasteiger partial charge in [-0.3, -0.25) is 9.59 Å². The topological polar surface area (TPSA) is 89.5 Å². The van der Waals surface area contributed by atoms with E-state index in [1.807, 2.05) is 66.7 Å². The summed E-state index contributed by atoms with van der Waals surface area (Å²) in [6.45, 7) is 2.63. The van der Waals surface area contributed by atoms with E-state index in [4.69, 9.17) is 28.4 Å². The molecule has 1 aliphatic heterocycles. The molecule has 0 amide bonds. The van der Waals surface area contributed by atoms with E-state index < -0.39 is 11.9 Å². The number of rotatable bonds is 9. The molecular weight excluding hydrogens is 548 g/mol. The fourth-order valence-corrected chi connectivity index (χ4v) is 5.14. The molecule has 0 saturated heterocycles. The fourth-order valence-electron chi connectivity index (χ4n) is 5.14. The zero-order valence-electron chi connectivity index (χ0n) is 24.6. The first kappa shape index (κ1) is 29.3. The molecule has 220 valence electrons. The average molecular weight is 581 g/mol. The van der Waals surface area contributed by atoms with Gasteiger partial charge in [-0.1, -0.05) is 30.4 Å². The second kappa shape index (κ2) is 12.7. The summed E-state index contributed by atoms with van der Waals surface area (Å²) in [5, 5.41) is 0. The Kier molecular flexibility index (Phi) is 8.66. The van der Waals surface area contributed by atoms with Crippen molar-refractivity contribution in [3.63, 3.8) is 0 Å². The molecule has 0 spiro atoms. The minimum atomic E-state index is -0.472. The van der Waals surface area contributed by atoms with Crippen LogP contribution in [0.2, 0.25) is 0 Å². The Morgan fingerprint density at radius 3 is 1.72 bits per heavy atom. The number of carbonyl (C=O) groups excluding carboxylic acids is 2. The van der Waals surface area contributed by atoms with Gasteiger partial charge in [-0.25, -0.2) is 0 Å². The summed E-state index contributed by atoms with van der Waals surface area (Å²) in [5.74, 6) is 2.36. The first-order valence-corrected chi connectivity index (χ1v) is 13.6. The summed E-state index contributed by atoms with van der Waals surface area (Å²) in [6.07, 6.45) is 3.50. The monoisotopic (exact) mass is 580 g/mol. The number of ether oxygens (including phenoxy) is 6. The number of carbonyl (C=O) groups is 2. The van der Waals surface area contributed by atoms with E-state index in [-0.39, 0.29) is 23.5 Å². The molecule has 4 aromatic rings. The molecule has 0 fully saturated rings. The predicted molar refractivity (Wildman–Crippen MR) is 162 cm³/mol. The van der Waals surface area contributed by atoms with E-state index in [2.05, 4.69) is 6.07 Å². The maximum atomic E-state index is 11.6. The molecule has 0 aromatic heterocycles. The lowest BCUT2D eigenvalue weighted by molar-refractivity contribution is -0.132. The van der Waals surface area contributed by atoms with Gasteiger partial charge in [0.15, 0.2) is 0 Å². The largest absolute Gasteiger partial charge is 0.497 e. The van der Waals surface area contributed by atoms with Crippen LogP contribution in [0.4, 0.5) is 0 Å². The van der Waals surface area contributed by atoms with Crippen LogP contribution in [0, 0.1) is 0 Å². The number of methoxy groups -OCH3 is 3. The summed E-state index contributed by atoms with van der Waals surface area (Å²) < 4.78 is 33.6. The summed E-state index contributed by atoms with van der Waals surface area (Å²) in [5.41, 5.74) is 4.60. The highest BCUT2D eigenvalue weighted by atomic mass is 16.5. The van der Waals surface area contributed by atoms with Crippen LogP contribution in [-0.4, -0.2) is 33.3 Å². The van der Waals surface area contributed by atoms with E-state index in [0.717, 1.165) is 33.8 Å². The van der Waals surface area contributed by atoms with E-state index >= 15 is 0 Å². The van der Waals surface area contributed by atoms with Crippen molar-refractivity contribution in [1.29, 1.82) is 0 Å². The van der Waals surface area contributed by atoms with Crippen LogP contribution in [0.5, 0.6) is 34.5 Å². The minimum Gasteiger partial charge on any atom is -0.497 e. The minimum absolute atomic E-state index is 0.163. The van der Waals surface area contributed by atoms with Crippen molar-refractivity contribution in [2.45, 2.75) is 25.9 Å². The Balaban J connectivity index is 1.55. The molecule has 0 unspecified atom stereocenters. The number of hydrogen-bond donors (Lipinski definition) is 0. The molecule has 8 nitrogen and oxygen atoms in total. The lowest BCUT2D eigenvalue weighted by Gasteiger charge is -2.21. The van der Waals surface area contributed by atoms with E-state index in [0.29, 0.717) is 17.1 Å². The van der Waals surface area contributed by atoms with Gasteiger partial charge in [0.2, 0.25) is 0 Å². The second-order valence-electron chi connectivity index (χ2n) is 9.99. The van der Waals surface area contributed by atoms with Crippen LogP contribution in [0.15, 0.2) is 78.9 Å². The Labute approximate surface area is 250 Å². The molecule has 0 saturated carbocycles. The Bertz CT molecular complexity index is 1620.